The van der Waals surface area contributed by atoms with Crippen molar-refractivity contribution >= 4 is 28.8 Å². The van der Waals surface area contributed by atoms with E-state index in [1.807, 2.05) is 13.8 Å². The van der Waals surface area contributed by atoms with Gasteiger partial charge in [0.15, 0.2) is 0 Å². The number of carbonyl (C=O) groups excluding carboxylic acids is 1. The minimum Gasteiger partial charge on any atom is -0.481 e. The lowest BCUT2D eigenvalue weighted by Crippen LogP contribution is -2.36. The van der Waals surface area contributed by atoms with Gasteiger partial charge in [0.2, 0.25) is 11.8 Å². The topological polar surface area (TPSA) is 77.2 Å². The molecule has 0 radical (unpaired) electrons. The van der Waals surface area contributed by atoms with Crippen LogP contribution in [0.15, 0.2) is 18.3 Å². The van der Waals surface area contributed by atoms with E-state index < -0.39 is 5.92 Å². The second kappa shape index (κ2) is 6.30. The molecule has 1 unspecified atom stereocenters. The van der Waals surface area contributed by atoms with Crippen molar-refractivity contribution in [3.8, 4) is 5.88 Å². The summed E-state index contributed by atoms with van der Waals surface area (Å²) >= 11 is 4.91. The summed E-state index contributed by atoms with van der Waals surface area (Å²) in [7, 11) is 1.53. The molecule has 0 aliphatic carbocycles. The molecule has 98 valence electrons. The van der Waals surface area contributed by atoms with Gasteiger partial charge in [-0.2, -0.15) is 0 Å². The second-order valence-electron chi connectivity index (χ2n) is 4.20. The molecule has 1 amide bonds. The van der Waals surface area contributed by atoms with Gasteiger partial charge in [0, 0.05) is 6.07 Å². The fourth-order valence-electron chi connectivity index (χ4n) is 1.56. The molecule has 0 aromatic carbocycles. The van der Waals surface area contributed by atoms with E-state index in [2.05, 4.69) is 10.3 Å². The number of nitrogens with zero attached hydrogens (tertiary/aromatic N) is 1. The van der Waals surface area contributed by atoms with Gasteiger partial charge in [-0.25, -0.2) is 4.98 Å². The van der Waals surface area contributed by atoms with Crippen molar-refractivity contribution in [2.45, 2.75) is 13.8 Å². The Kier molecular flexibility index (Phi) is 5.03. The number of rotatable bonds is 5. The van der Waals surface area contributed by atoms with Gasteiger partial charge < -0.3 is 15.8 Å². The van der Waals surface area contributed by atoms with E-state index in [0.717, 1.165) is 0 Å². The Morgan fingerprint density at radius 1 is 1.50 bits per heavy atom. The van der Waals surface area contributed by atoms with Crippen molar-refractivity contribution in [1.82, 2.24) is 4.98 Å². The van der Waals surface area contributed by atoms with Gasteiger partial charge in [0.05, 0.1) is 29.9 Å². The van der Waals surface area contributed by atoms with Crippen molar-refractivity contribution in [2.24, 2.45) is 17.6 Å². The summed E-state index contributed by atoms with van der Waals surface area (Å²) in [5, 5.41) is 2.73. The molecule has 0 aliphatic heterocycles. The highest BCUT2D eigenvalue weighted by Crippen LogP contribution is 2.16. The second-order valence-corrected chi connectivity index (χ2v) is 4.67. The number of pyridine rings is 1. The van der Waals surface area contributed by atoms with Crippen LogP contribution in [0.2, 0.25) is 0 Å². The first kappa shape index (κ1) is 14.4. The number of anilines is 1. The monoisotopic (exact) mass is 267 g/mol. The first-order chi connectivity index (χ1) is 8.45. The Bertz CT molecular complexity index is 431. The summed E-state index contributed by atoms with van der Waals surface area (Å²) in [5.74, 6) is -0.164. The van der Waals surface area contributed by atoms with Gasteiger partial charge >= 0.3 is 0 Å². The molecule has 0 bridgehead atoms. The van der Waals surface area contributed by atoms with Crippen molar-refractivity contribution in [2.75, 3.05) is 12.4 Å². The predicted octanol–water partition coefficient (Wildman–Crippen LogP) is 1.59. The van der Waals surface area contributed by atoms with E-state index in [-0.39, 0.29) is 16.8 Å². The number of ether oxygens (including phenoxy) is 1. The molecule has 6 heteroatoms. The van der Waals surface area contributed by atoms with Gasteiger partial charge in [0.1, 0.15) is 0 Å². The van der Waals surface area contributed by atoms with E-state index in [0.29, 0.717) is 11.6 Å². The summed E-state index contributed by atoms with van der Waals surface area (Å²) in [6.07, 6.45) is 1.52. The fraction of sp³-hybridized carbons (Fsp3) is 0.417. The van der Waals surface area contributed by atoms with Crippen molar-refractivity contribution in [3.63, 3.8) is 0 Å². The molecule has 5 nitrogen and oxygen atoms in total. The maximum Gasteiger partial charge on any atom is 0.234 e. The fourth-order valence-corrected chi connectivity index (χ4v) is 1.93. The van der Waals surface area contributed by atoms with Gasteiger partial charge in [-0.3, -0.25) is 4.79 Å². The summed E-state index contributed by atoms with van der Waals surface area (Å²) in [6.45, 7) is 3.80. The molecule has 1 aromatic heterocycles. The number of carbonyl (C=O) groups is 1. The lowest BCUT2D eigenvalue weighted by molar-refractivity contribution is -0.118. The molecular weight excluding hydrogens is 250 g/mol. The normalized spacial score (nSPS) is 12.0. The average Bonchev–Trinajstić information content (AvgIpc) is 2.28. The Morgan fingerprint density at radius 2 is 2.17 bits per heavy atom. The van der Waals surface area contributed by atoms with Crippen LogP contribution in [0.3, 0.4) is 0 Å². The van der Waals surface area contributed by atoms with Crippen LogP contribution in [-0.4, -0.2) is 23.0 Å². The first-order valence-corrected chi connectivity index (χ1v) is 5.96. The minimum absolute atomic E-state index is 0.0497. The van der Waals surface area contributed by atoms with Gasteiger partial charge in [0.25, 0.3) is 0 Å². The quantitative estimate of drug-likeness (QED) is 0.792. The third-order valence-electron chi connectivity index (χ3n) is 2.47. The standard InChI is InChI=1S/C12H17N3O2S/c1-7(2)10(11(13)18)12(16)15-8-4-5-9(17-3)14-6-8/h4-7,10H,1-3H3,(H2,13,18)(H,15,16). The SMILES string of the molecule is COc1ccc(NC(=O)C(C(N)=S)C(C)C)cn1. The van der Waals surface area contributed by atoms with Crippen LogP contribution in [0.5, 0.6) is 5.88 Å². The minimum atomic E-state index is -0.484. The zero-order valence-corrected chi connectivity index (χ0v) is 11.5. The van der Waals surface area contributed by atoms with Gasteiger partial charge in [-0.05, 0) is 12.0 Å². The maximum absolute atomic E-state index is 12.0. The summed E-state index contributed by atoms with van der Waals surface area (Å²) in [5.41, 5.74) is 6.16. The molecule has 0 fully saturated rings. The lowest BCUT2D eigenvalue weighted by atomic mass is 9.95. The molecule has 18 heavy (non-hydrogen) atoms. The smallest absolute Gasteiger partial charge is 0.234 e. The number of aromatic nitrogens is 1. The van der Waals surface area contributed by atoms with Crippen LogP contribution < -0.4 is 15.8 Å². The van der Waals surface area contributed by atoms with Crippen LogP contribution in [0, 0.1) is 11.8 Å². The highest BCUT2D eigenvalue weighted by Gasteiger charge is 2.24. The van der Waals surface area contributed by atoms with E-state index in [9.17, 15) is 4.79 Å². The van der Waals surface area contributed by atoms with E-state index in [1.165, 1.54) is 13.3 Å². The van der Waals surface area contributed by atoms with E-state index in [4.69, 9.17) is 22.7 Å². The summed E-state index contributed by atoms with van der Waals surface area (Å²) < 4.78 is 4.93. The molecule has 1 heterocycles. The van der Waals surface area contributed by atoms with Gasteiger partial charge in [-0.1, -0.05) is 26.1 Å². The molecule has 3 N–H and O–H groups in total. The lowest BCUT2D eigenvalue weighted by Gasteiger charge is -2.18. The summed E-state index contributed by atoms with van der Waals surface area (Å²) in [4.78, 5) is 16.2. The number of hydrogen-bond donors (Lipinski definition) is 2. The van der Waals surface area contributed by atoms with Crippen LogP contribution in [0.4, 0.5) is 5.69 Å². The number of thiocarbonyl (C=S) groups is 1. The number of nitrogens with one attached hydrogen (secondary N) is 1. The van der Waals surface area contributed by atoms with Crippen LogP contribution >= 0.6 is 12.2 Å². The molecule has 0 saturated heterocycles. The van der Waals surface area contributed by atoms with Crippen molar-refractivity contribution in [3.05, 3.63) is 18.3 Å². The molecule has 0 saturated carbocycles. The van der Waals surface area contributed by atoms with Crippen molar-refractivity contribution in [1.29, 1.82) is 0 Å². The predicted molar refractivity (Wildman–Crippen MR) is 74.5 cm³/mol. The number of nitrogens with two attached hydrogens (primary N) is 1. The Labute approximate surface area is 112 Å². The first-order valence-electron chi connectivity index (χ1n) is 5.56. The molecule has 1 aromatic rings. The molecule has 1 atom stereocenters. The van der Waals surface area contributed by atoms with Crippen LogP contribution in [-0.2, 0) is 4.79 Å². The van der Waals surface area contributed by atoms with Crippen molar-refractivity contribution < 1.29 is 9.53 Å². The highest BCUT2D eigenvalue weighted by molar-refractivity contribution is 7.80. The zero-order chi connectivity index (χ0) is 13.7. The van der Waals surface area contributed by atoms with Gasteiger partial charge in [-0.15, -0.1) is 0 Å². The Balaban J connectivity index is 2.76. The third-order valence-corrected chi connectivity index (χ3v) is 2.72. The molecule has 0 aliphatic rings. The molecule has 0 spiro atoms. The number of amides is 1. The largest absolute Gasteiger partial charge is 0.481 e. The van der Waals surface area contributed by atoms with E-state index >= 15 is 0 Å². The summed E-state index contributed by atoms with van der Waals surface area (Å²) in [6, 6.07) is 3.38. The average molecular weight is 267 g/mol. The third kappa shape index (κ3) is 3.66. The molecule has 1 rings (SSSR count). The zero-order valence-electron chi connectivity index (χ0n) is 10.6. The highest BCUT2D eigenvalue weighted by atomic mass is 32.1. The van der Waals surface area contributed by atoms with Crippen LogP contribution in [0.1, 0.15) is 13.8 Å². The molecular formula is C12H17N3O2S. The van der Waals surface area contributed by atoms with Crippen LogP contribution in [0.25, 0.3) is 0 Å². The Hall–Kier alpha value is -1.69. The number of hydrogen-bond acceptors (Lipinski definition) is 4. The number of methoxy groups -OCH3 is 1. The Morgan fingerprint density at radius 3 is 2.56 bits per heavy atom. The maximum atomic E-state index is 12.0. The van der Waals surface area contributed by atoms with E-state index in [1.54, 1.807) is 12.1 Å².